The minimum Gasteiger partial charge on any atom is -0.508 e. The Morgan fingerprint density at radius 2 is 2.04 bits per heavy atom. The summed E-state index contributed by atoms with van der Waals surface area (Å²) in [5, 5.41) is 9.36. The third-order valence-corrected chi connectivity index (χ3v) is 4.78. The summed E-state index contributed by atoms with van der Waals surface area (Å²) in [6.45, 7) is 1.42. The number of aromatic hydroxyl groups is 1. The molecule has 1 saturated carbocycles. The summed E-state index contributed by atoms with van der Waals surface area (Å²) in [6, 6.07) is 11.1. The molecule has 0 radical (unpaired) electrons. The molecule has 1 aliphatic heterocycles. The van der Waals surface area contributed by atoms with Crippen LogP contribution in [0.2, 0.25) is 0 Å². The fourth-order valence-electron chi connectivity index (χ4n) is 3.33. The molecule has 2 atom stereocenters. The minimum atomic E-state index is 0.0878. The number of furan rings is 1. The monoisotopic (exact) mass is 309 g/mol. The Bertz CT molecular complexity index is 730. The molecule has 2 aliphatic rings. The SMILES string of the molecule is O=C([C@H]1C[C@H]1c1ccco1)N1CC=C(c2ccc(O)cc2)CC1. The highest BCUT2D eigenvalue weighted by Gasteiger charge is 2.47. The Kier molecular flexibility index (Phi) is 3.45. The molecule has 0 unspecified atom stereocenters. The van der Waals surface area contributed by atoms with Gasteiger partial charge in [0.1, 0.15) is 11.5 Å². The first kappa shape index (κ1) is 14.1. The van der Waals surface area contributed by atoms with Crippen LogP contribution in [-0.4, -0.2) is 29.0 Å². The van der Waals surface area contributed by atoms with Crippen LogP contribution in [0.3, 0.4) is 0 Å². The van der Waals surface area contributed by atoms with Crippen LogP contribution in [0.1, 0.15) is 30.1 Å². The summed E-state index contributed by atoms with van der Waals surface area (Å²) in [7, 11) is 0. The summed E-state index contributed by atoms with van der Waals surface area (Å²) >= 11 is 0. The van der Waals surface area contributed by atoms with Crippen molar-refractivity contribution in [1.82, 2.24) is 4.90 Å². The molecule has 1 aliphatic carbocycles. The first-order chi connectivity index (χ1) is 11.2. The van der Waals surface area contributed by atoms with Crippen molar-refractivity contribution in [2.75, 3.05) is 13.1 Å². The van der Waals surface area contributed by atoms with E-state index >= 15 is 0 Å². The second-order valence-corrected chi connectivity index (χ2v) is 6.27. The molecule has 1 aromatic heterocycles. The molecule has 4 heteroatoms. The molecule has 1 aromatic carbocycles. The number of carbonyl (C=O) groups excluding carboxylic acids is 1. The smallest absolute Gasteiger partial charge is 0.226 e. The van der Waals surface area contributed by atoms with Crippen LogP contribution in [0.4, 0.5) is 0 Å². The van der Waals surface area contributed by atoms with Gasteiger partial charge in [0.2, 0.25) is 5.91 Å². The molecule has 1 amide bonds. The van der Waals surface area contributed by atoms with Gasteiger partial charge in [0, 0.05) is 24.9 Å². The van der Waals surface area contributed by atoms with Gasteiger partial charge >= 0.3 is 0 Å². The fourth-order valence-corrected chi connectivity index (χ4v) is 3.33. The Hall–Kier alpha value is -2.49. The van der Waals surface area contributed by atoms with Crippen LogP contribution < -0.4 is 0 Å². The topological polar surface area (TPSA) is 53.7 Å². The molecule has 0 spiro atoms. The molecule has 2 heterocycles. The third kappa shape index (κ3) is 2.77. The van der Waals surface area contributed by atoms with Gasteiger partial charge in [-0.2, -0.15) is 0 Å². The third-order valence-electron chi connectivity index (χ3n) is 4.78. The molecule has 4 rings (SSSR count). The van der Waals surface area contributed by atoms with Gasteiger partial charge in [-0.3, -0.25) is 4.79 Å². The van der Waals surface area contributed by atoms with Gasteiger partial charge in [-0.05, 0) is 48.2 Å². The lowest BCUT2D eigenvalue weighted by molar-refractivity contribution is -0.132. The van der Waals surface area contributed by atoms with Crippen molar-refractivity contribution in [2.24, 2.45) is 5.92 Å². The molecule has 118 valence electrons. The molecule has 1 N–H and O–H groups in total. The van der Waals surface area contributed by atoms with Crippen LogP contribution in [-0.2, 0) is 4.79 Å². The lowest BCUT2D eigenvalue weighted by Crippen LogP contribution is -2.36. The number of hydrogen-bond donors (Lipinski definition) is 1. The van der Waals surface area contributed by atoms with Gasteiger partial charge in [0.05, 0.1) is 6.26 Å². The van der Waals surface area contributed by atoms with E-state index in [2.05, 4.69) is 6.08 Å². The van der Waals surface area contributed by atoms with E-state index in [-0.39, 0.29) is 23.5 Å². The van der Waals surface area contributed by atoms with Gasteiger partial charge in [-0.1, -0.05) is 18.2 Å². The molecule has 0 saturated heterocycles. The van der Waals surface area contributed by atoms with Gasteiger partial charge in [0.15, 0.2) is 0 Å². The Morgan fingerprint density at radius 1 is 1.22 bits per heavy atom. The predicted molar refractivity (Wildman–Crippen MR) is 86.8 cm³/mol. The van der Waals surface area contributed by atoms with Crippen LogP contribution in [0, 0.1) is 5.92 Å². The number of nitrogens with zero attached hydrogens (tertiary/aromatic N) is 1. The van der Waals surface area contributed by atoms with Crippen molar-refractivity contribution < 1.29 is 14.3 Å². The van der Waals surface area contributed by atoms with Gasteiger partial charge in [-0.15, -0.1) is 0 Å². The summed E-state index contributed by atoms with van der Waals surface area (Å²) in [6.07, 6.45) is 5.55. The first-order valence-electron chi connectivity index (χ1n) is 8.03. The highest BCUT2D eigenvalue weighted by Crippen LogP contribution is 2.48. The summed E-state index contributed by atoms with van der Waals surface area (Å²) in [5.41, 5.74) is 2.36. The van der Waals surface area contributed by atoms with E-state index in [1.807, 2.05) is 29.2 Å². The maximum absolute atomic E-state index is 12.6. The summed E-state index contributed by atoms with van der Waals surface area (Å²) in [4.78, 5) is 14.5. The molecule has 23 heavy (non-hydrogen) atoms. The lowest BCUT2D eigenvalue weighted by atomic mass is 9.99. The highest BCUT2D eigenvalue weighted by atomic mass is 16.3. The molecule has 0 bridgehead atoms. The molecule has 4 nitrogen and oxygen atoms in total. The van der Waals surface area contributed by atoms with E-state index in [9.17, 15) is 9.90 Å². The van der Waals surface area contributed by atoms with Gasteiger partial charge < -0.3 is 14.4 Å². The molecule has 2 aromatic rings. The fraction of sp³-hybridized carbons (Fsp3) is 0.316. The highest BCUT2D eigenvalue weighted by molar-refractivity contribution is 5.84. The normalized spacial score (nSPS) is 23.5. The number of amides is 1. The van der Waals surface area contributed by atoms with Gasteiger partial charge in [-0.25, -0.2) is 0 Å². The summed E-state index contributed by atoms with van der Waals surface area (Å²) < 4.78 is 5.41. The van der Waals surface area contributed by atoms with E-state index in [0.717, 1.165) is 30.7 Å². The quantitative estimate of drug-likeness (QED) is 0.945. The molecule has 1 fully saturated rings. The zero-order valence-corrected chi connectivity index (χ0v) is 12.8. The number of benzene rings is 1. The first-order valence-corrected chi connectivity index (χ1v) is 8.03. The van der Waals surface area contributed by atoms with Crippen molar-refractivity contribution in [3.63, 3.8) is 0 Å². The lowest BCUT2D eigenvalue weighted by Gasteiger charge is -2.27. The second-order valence-electron chi connectivity index (χ2n) is 6.27. The number of rotatable bonds is 3. The molecular formula is C19H19NO3. The van der Waals surface area contributed by atoms with Crippen LogP contribution >= 0.6 is 0 Å². The van der Waals surface area contributed by atoms with Crippen LogP contribution in [0.25, 0.3) is 5.57 Å². The maximum Gasteiger partial charge on any atom is 0.226 e. The minimum absolute atomic E-state index is 0.0878. The number of phenolic OH excluding ortho intramolecular Hbond substituents is 1. The van der Waals surface area contributed by atoms with Crippen molar-refractivity contribution in [3.05, 3.63) is 60.1 Å². The predicted octanol–water partition coefficient (Wildman–Crippen LogP) is 3.40. The Balaban J connectivity index is 1.39. The van der Waals surface area contributed by atoms with Crippen LogP contribution in [0.5, 0.6) is 5.75 Å². The van der Waals surface area contributed by atoms with Crippen molar-refractivity contribution in [2.45, 2.75) is 18.8 Å². The second kappa shape index (κ2) is 5.61. The van der Waals surface area contributed by atoms with E-state index in [4.69, 9.17) is 4.42 Å². The van der Waals surface area contributed by atoms with Gasteiger partial charge in [0.25, 0.3) is 0 Å². The number of hydrogen-bond acceptors (Lipinski definition) is 3. The number of carbonyl (C=O) groups is 1. The molecular weight excluding hydrogens is 290 g/mol. The van der Waals surface area contributed by atoms with Crippen molar-refractivity contribution in [3.8, 4) is 5.75 Å². The van der Waals surface area contributed by atoms with E-state index in [1.54, 1.807) is 18.4 Å². The summed E-state index contributed by atoms with van der Waals surface area (Å²) in [5.74, 6) is 1.80. The average Bonchev–Trinajstić information content (AvgIpc) is 3.20. The zero-order valence-electron chi connectivity index (χ0n) is 12.8. The van der Waals surface area contributed by atoms with Crippen LogP contribution in [0.15, 0.2) is 53.2 Å². The van der Waals surface area contributed by atoms with E-state index in [1.165, 1.54) is 5.57 Å². The standard InChI is InChI=1S/C19H19NO3/c21-15-5-3-13(4-6-15)14-7-9-20(10-8-14)19(22)17-12-16(17)18-2-1-11-23-18/h1-7,11,16-17,21H,8-10,12H2/t16-,17+/m1/s1. The Morgan fingerprint density at radius 3 is 2.70 bits per heavy atom. The Labute approximate surface area is 135 Å². The van der Waals surface area contributed by atoms with E-state index < -0.39 is 0 Å². The largest absolute Gasteiger partial charge is 0.508 e. The van der Waals surface area contributed by atoms with Crippen molar-refractivity contribution in [1.29, 1.82) is 0 Å². The van der Waals surface area contributed by atoms with Crippen molar-refractivity contribution >= 4 is 11.5 Å². The number of phenols is 1. The average molecular weight is 309 g/mol. The van der Waals surface area contributed by atoms with E-state index in [0.29, 0.717) is 6.54 Å². The zero-order chi connectivity index (χ0) is 15.8. The maximum atomic E-state index is 12.6.